The Morgan fingerprint density at radius 1 is 1.59 bits per heavy atom. The number of amides is 1. The third kappa shape index (κ3) is 3.36. The predicted molar refractivity (Wildman–Crippen MR) is 83.4 cm³/mol. The van der Waals surface area contributed by atoms with E-state index in [-0.39, 0.29) is 12.2 Å². The van der Waals surface area contributed by atoms with Crippen molar-refractivity contribution >= 4 is 12.0 Å². The largest absolute Gasteiger partial charge is 0.493 e. The summed E-state index contributed by atoms with van der Waals surface area (Å²) in [6, 6.07) is 7.45. The Balaban J connectivity index is 2.28. The van der Waals surface area contributed by atoms with E-state index in [1.807, 2.05) is 30.3 Å². The minimum absolute atomic E-state index is 0.0306. The lowest BCUT2D eigenvalue weighted by molar-refractivity contribution is -0.116. The predicted octanol–water partition coefficient (Wildman–Crippen LogP) is 2.22. The van der Waals surface area contributed by atoms with Gasteiger partial charge in [0.15, 0.2) is 11.5 Å². The van der Waals surface area contributed by atoms with Gasteiger partial charge in [-0.3, -0.25) is 4.79 Å². The minimum atomic E-state index is -0.431. The summed E-state index contributed by atoms with van der Waals surface area (Å²) in [4.78, 5) is 11.8. The van der Waals surface area contributed by atoms with Crippen molar-refractivity contribution in [1.82, 2.24) is 5.32 Å². The molecule has 0 atom stereocenters. The van der Waals surface area contributed by atoms with Gasteiger partial charge in [-0.1, -0.05) is 18.2 Å². The molecule has 22 heavy (non-hydrogen) atoms. The third-order valence-corrected chi connectivity index (χ3v) is 3.06. The van der Waals surface area contributed by atoms with Crippen molar-refractivity contribution in [2.24, 2.45) is 0 Å². The van der Waals surface area contributed by atoms with Gasteiger partial charge in [0.25, 0.3) is 5.91 Å². The van der Waals surface area contributed by atoms with Crippen LogP contribution in [0.2, 0.25) is 0 Å². The highest BCUT2D eigenvalue weighted by molar-refractivity contribution is 5.98. The van der Waals surface area contributed by atoms with Gasteiger partial charge in [0, 0.05) is 12.1 Å². The smallest absolute Gasteiger partial charge is 0.262 e. The molecule has 1 aliphatic heterocycles. The van der Waals surface area contributed by atoms with Crippen LogP contribution in [0.25, 0.3) is 6.08 Å². The zero-order chi connectivity index (χ0) is 15.9. The molecule has 0 unspecified atom stereocenters. The van der Waals surface area contributed by atoms with E-state index in [4.69, 9.17) is 14.7 Å². The van der Waals surface area contributed by atoms with Crippen LogP contribution in [-0.2, 0) is 4.79 Å². The molecule has 1 N–H and O–H groups in total. The summed E-state index contributed by atoms with van der Waals surface area (Å²) in [5.41, 5.74) is 1.62. The number of benzene rings is 1. The number of hydrogen-bond acceptors (Lipinski definition) is 4. The van der Waals surface area contributed by atoms with Crippen molar-refractivity contribution in [1.29, 1.82) is 5.26 Å². The standard InChI is InChI=1S/C17H16N2O3/c1-3-7-19-17(20)14(10-18)9-12-8-13-5-4-6-15(21-2)16(13)22-11-12/h3-6,8-9H,1,7,11H2,2H3,(H,19,20)/b14-9-. The number of hydrogen-bond donors (Lipinski definition) is 1. The summed E-state index contributed by atoms with van der Waals surface area (Å²) in [5.74, 6) is 0.887. The first-order valence-electron chi connectivity index (χ1n) is 6.71. The fourth-order valence-corrected chi connectivity index (χ4v) is 2.04. The van der Waals surface area contributed by atoms with Crippen LogP contribution < -0.4 is 14.8 Å². The first kappa shape index (κ1) is 15.4. The zero-order valence-corrected chi connectivity index (χ0v) is 12.3. The van der Waals surface area contributed by atoms with Gasteiger partial charge in [-0.25, -0.2) is 0 Å². The number of para-hydroxylation sites is 1. The molecule has 0 fully saturated rings. The Hall–Kier alpha value is -3.00. The maximum absolute atomic E-state index is 11.8. The minimum Gasteiger partial charge on any atom is -0.493 e. The molecule has 5 heteroatoms. The van der Waals surface area contributed by atoms with Gasteiger partial charge in [-0.2, -0.15) is 5.26 Å². The van der Waals surface area contributed by atoms with Gasteiger partial charge in [0.2, 0.25) is 0 Å². The molecular weight excluding hydrogens is 280 g/mol. The Morgan fingerprint density at radius 3 is 3.09 bits per heavy atom. The molecule has 0 aromatic heterocycles. The molecule has 0 saturated heterocycles. The van der Waals surface area contributed by atoms with E-state index in [0.29, 0.717) is 18.0 Å². The van der Waals surface area contributed by atoms with Crippen LogP contribution in [0.3, 0.4) is 0 Å². The number of carbonyl (C=O) groups excluding carboxylic acids is 1. The molecule has 1 aromatic rings. The molecule has 0 spiro atoms. The van der Waals surface area contributed by atoms with Gasteiger partial charge < -0.3 is 14.8 Å². The number of nitrogens with one attached hydrogen (secondary N) is 1. The number of carbonyl (C=O) groups is 1. The van der Waals surface area contributed by atoms with Crippen LogP contribution in [-0.4, -0.2) is 26.2 Å². The summed E-state index contributed by atoms with van der Waals surface area (Å²) in [6.45, 7) is 4.10. The molecule has 1 aliphatic rings. The topological polar surface area (TPSA) is 71.4 Å². The van der Waals surface area contributed by atoms with E-state index in [0.717, 1.165) is 11.1 Å². The Bertz CT molecular complexity index is 696. The first-order valence-corrected chi connectivity index (χ1v) is 6.71. The Morgan fingerprint density at radius 2 is 2.41 bits per heavy atom. The van der Waals surface area contributed by atoms with E-state index in [1.54, 1.807) is 13.2 Å². The lowest BCUT2D eigenvalue weighted by Crippen LogP contribution is -2.24. The summed E-state index contributed by atoms with van der Waals surface area (Å²) >= 11 is 0. The molecule has 1 heterocycles. The SMILES string of the molecule is C=CCNC(=O)/C(C#N)=C\C1=Cc2cccc(OC)c2OC1. The molecule has 1 aromatic carbocycles. The van der Waals surface area contributed by atoms with Crippen LogP contribution in [0.15, 0.2) is 48.1 Å². The fraction of sp³-hybridized carbons (Fsp3) is 0.176. The highest BCUT2D eigenvalue weighted by Crippen LogP contribution is 2.35. The number of ether oxygens (including phenoxy) is 2. The van der Waals surface area contributed by atoms with Crippen molar-refractivity contribution < 1.29 is 14.3 Å². The second-order valence-corrected chi connectivity index (χ2v) is 4.56. The van der Waals surface area contributed by atoms with E-state index in [2.05, 4.69) is 11.9 Å². The molecule has 0 radical (unpaired) electrons. The Labute approximate surface area is 129 Å². The lowest BCUT2D eigenvalue weighted by Gasteiger charge is -2.18. The second-order valence-electron chi connectivity index (χ2n) is 4.56. The summed E-state index contributed by atoms with van der Waals surface area (Å²) in [5, 5.41) is 11.7. The van der Waals surface area contributed by atoms with Crippen LogP contribution in [0.1, 0.15) is 5.56 Å². The van der Waals surface area contributed by atoms with Crippen LogP contribution in [0, 0.1) is 11.3 Å². The first-order chi connectivity index (χ1) is 10.7. The maximum atomic E-state index is 11.8. The van der Waals surface area contributed by atoms with Crippen LogP contribution in [0.5, 0.6) is 11.5 Å². The van der Waals surface area contributed by atoms with Crippen molar-refractivity contribution in [3.8, 4) is 17.6 Å². The molecule has 5 nitrogen and oxygen atoms in total. The number of rotatable bonds is 5. The lowest BCUT2D eigenvalue weighted by atomic mass is 10.0. The van der Waals surface area contributed by atoms with Crippen molar-refractivity contribution in [3.05, 3.63) is 53.6 Å². The molecule has 1 amide bonds. The molecule has 2 rings (SSSR count). The molecule has 0 aliphatic carbocycles. The quantitative estimate of drug-likeness (QED) is 0.514. The number of methoxy groups -OCH3 is 1. The normalized spacial score (nSPS) is 13.1. The van der Waals surface area contributed by atoms with Crippen LogP contribution >= 0.6 is 0 Å². The van der Waals surface area contributed by atoms with Crippen LogP contribution in [0.4, 0.5) is 0 Å². The Kier molecular flexibility index (Phi) is 4.99. The molecular formula is C17H16N2O3. The third-order valence-electron chi connectivity index (χ3n) is 3.06. The van der Waals surface area contributed by atoms with Crippen molar-refractivity contribution in [3.63, 3.8) is 0 Å². The number of nitrogens with zero attached hydrogens (tertiary/aromatic N) is 1. The van der Waals surface area contributed by atoms with Crippen molar-refractivity contribution in [2.75, 3.05) is 20.3 Å². The molecule has 0 bridgehead atoms. The summed E-state index contributed by atoms with van der Waals surface area (Å²) in [6.07, 6.45) is 4.96. The second kappa shape index (κ2) is 7.14. The van der Waals surface area contributed by atoms with Gasteiger partial charge in [-0.15, -0.1) is 6.58 Å². The highest BCUT2D eigenvalue weighted by atomic mass is 16.5. The van der Waals surface area contributed by atoms with E-state index in [9.17, 15) is 4.79 Å². The van der Waals surface area contributed by atoms with Gasteiger partial charge in [-0.05, 0) is 23.8 Å². The molecule has 0 saturated carbocycles. The van der Waals surface area contributed by atoms with Gasteiger partial charge >= 0.3 is 0 Å². The fourth-order valence-electron chi connectivity index (χ4n) is 2.04. The van der Waals surface area contributed by atoms with E-state index >= 15 is 0 Å². The van der Waals surface area contributed by atoms with E-state index < -0.39 is 5.91 Å². The summed E-state index contributed by atoms with van der Waals surface area (Å²) in [7, 11) is 1.58. The average molecular weight is 296 g/mol. The summed E-state index contributed by atoms with van der Waals surface area (Å²) < 4.78 is 10.9. The zero-order valence-electron chi connectivity index (χ0n) is 12.3. The monoisotopic (exact) mass is 296 g/mol. The number of fused-ring (bicyclic) bond motifs is 1. The average Bonchev–Trinajstić information content (AvgIpc) is 2.56. The highest BCUT2D eigenvalue weighted by Gasteiger charge is 2.16. The van der Waals surface area contributed by atoms with Gasteiger partial charge in [0.05, 0.1) is 7.11 Å². The van der Waals surface area contributed by atoms with Gasteiger partial charge in [0.1, 0.15) is 18.2 Å². The van der Waals surface area contributed by atoms with E-state index in [1.165, 1.54) is 6.08 Å². The molecule has 112 valence electrons. The van der Waals surface area contributed by atoms with Crippen molar-refractivity contribution in [2.45, 2.75) is 0 Å². The maximum Gasteiger partial charge on any atom is 0.262 e. The number of nitriles is 1.